The molecule has 1 heterocycles. The van der Waals surface area contributed by atoms with Crippen LogP contribution in [0.5, 0.6) is 0 Å². The second-order valence-corrected chi connectivity index (χ2v) is 8.64. The molecule has 1 saturated heterocycles. The molecule has 1 atom stereocenters. The zero-order chi connectivity index (χ0) is 15.9. The fraction of sp³-hybridized carbons (Fsp3) is 0.632. The quantitative estimate of drug-likeness (QED) is 0.845. The van der Waals surface area contributed by atoms with Crippen LogP contribution in [-0.2, 0) is 10.2 Å². The van der Waals surface area contributed by atoms with E-state index in [1.807, 2.05) is 0 Å². The van der Waals surface area contributed by atoms with Gasteiger partial charge in [0.15, 0.2) is 0 Å². The largest absolute Gasteiger partial charge is 0.355 e. The summed E-state index contributed by atoms with van der Waals surface area (Å²) in [6, 6.07) is 8.64. The van der Waals surface area contributed by atoms with Crippen molar-refractivity contribution in [2.24, 2.45) is 11.3 Å². The number of hydrogen-bond acceptors (Lipinski definition) is 2. The van der Waals surface area contributed by atoms with Gasteiger partial charge in [-0.05, 0) is 68.3 Å². The fourth-order valence-corrected chi connectivity index (χ4v) is 4.81. The van der Waals surface area contributed by atoms with Crippen LogP contribution in [-0.4, -0.2) is 25.5 Å². The molecule has 2 N–H and O–H groups in total. The van der Waals surface area contributed by atoms with Gasteiger partial charge in [-0.15, -0.1) is 0 Å². The summed E-state index contributed by atoms with van der Waals surface area (Å²) in [5.74, 6) is 0.571. The molecule has 1 aromatic carbocycles. The number of hydrogen-bond donors (Lipinski definition) is 2. The second kappa shape index (κ2) is 5.89. The standard InChI is InChI=1S/C19H25BrN2O/c20-15-4-2-14(3-5-15)19(6-1-7-19)13-22-17(23)16-12-18(16)8-10-21-11-9-18/h2-5,16,21H,1,6-13H2,(H,22,23). The molecule has 3 nitrogen and oxygen atoms in total. The highest BCUT2D eigenvalue weighted by Gasteiger charge is 2.57. The Bertz CT molecular complexity index is 588. The first-order valence-electron chi connectivity index (χ1n) is 8.88. The average Bonchev–Trinajstić information content (AvgIpc) is 3.21. The number of benzene rings is 1. The molecule has 23 heavy (non-hydrogen) atoms. The van der Waals surface area contributed by atoms with E-state index in [2.05, 4.69) is 50.8 Å². The third-order valence-electron chi connectivity index (χ3n) is 6.47. The van der Waals surface area contributed by atoms with Gasteiger partial charge >= 0.3 is 0 Å². The van der Waals surface area contributed by atoms with Crippen molar-refractivity contribution >= 4 is 21.8 Å². The van der Waals surface area contributed by atoms with Gasteiger partial charge < -0.3 is 10.6 Å². The average molecular weight is 377 g/mol. The molecule has 1 amide bonds. The summed E-state index contributed by atoms with van der Waals surface area (Å²) in [5.41, 5.74) is 1.88. The van der Waals surface area contributed by atoms with Crippen LogP contribution in [0.3, 0.4) is 0 Å². The monoisotopic (exact) mass is 376 g/mol. The topological polar surface area (TPSA) is 41.1 Å². The molecule has 124 valence electrons. The van der Waals surface area contributed by atoms with Gasteiger partial charge in [0.1, 0.15) is 0 Å². The third kappa shape index (κ3) is 2.85. The number of amides is 1. The number of halogens is 1. The minimum atomic E-state index is 0.173. The molecule has 1 spiro atoms. The van der Waals surface area contributed by atoms with Crippen LogP contribution in [0.4, 0.5) is 0 Å². The predicted molar refractivity (Wildman–Crippen MR) is 95.3 cm³/mol. The molecule has 3 aliphatic rings. The Balaban J connectivity index is 1.38. The maximum atomic E-state index is 12.6. The SMILES string of the molecule is O=C(NCC1(c2ccc(Br)cc2)CCC1)C1CC12CCNCC2. The number of carbonyl (C=O) groups is 1. The Labute approximate surface area is 146 Å². The molecular formula is C19H25BrN2O. The van der Waals surface area contributed by atoms with Crippen molar-refractivity contribution in [2.45, 2.75) is 43.9 Å². The van der Waals surface area contributed by atoms with Gasteiger partial charge in [0.05, 0.1) is 0 Å². The molecule has 2 saturated carbocycles. The summed E-state index contributed by atoms with van der Waals surface area (Å²) >= 11 is 3.51. The van der Waals surface area contributed by atoms with E-state index in [9.17, 15) is 4.79 Å². The van der Waals surface area contributed by atoms with Crippen molar-refractivity contribution in [1.82, 2.24) is 10.6 Å². The first-order chi connectivity index (χ1) is 11.1. The molecule has 1 aliphatic heterocycles. The summed E-state index contributed by atoms with van der Waals surface area (Å²) in [7, 11) is 0. The zero-order valence-corrected chi connectivity index (χ0v) is 15.1. The van der Waals surface area contributed by atoms with E-state index in [1.54, 1.807) is 0 Å². The summed E-state index contributed by atoms with van der Waals surface area (Å²) < 4.78 is 1.12. The van der Waals surface area contributed by atoms with Crippen molar-refractivity contribution in [3.8, 4) is 0 Å². The highest BCUT2D eigenvalue weighted by Crippen LogP contribution is 2.58. The Morgan fingerprint density at radius 3 is 2.48 bits per heavy atom. The Kier molecular flexibility index (Phi) is 4.01. The molecule has 0 aromatic heterocycles. The van der Waals surface area contributed by atoms with Gasteiger partial charge in [0.25, 0.3) is 0 Å². The molecule has 4 rings (SSSR count). The summed E-state index contributed by atoms with van der Waals surface area (Å²) in [5, 5.41) is 6.71. The van der Waals surface area contributed by atoms with Crippen LogP contribution in [0, 0.1) is 11.3 Å². The number of carbonyl (C=O) groups excluding carboxylic acids is 1. The van der Waals surface area contributed by atoms with Crippen molar-refractivity contribution in [3.63, 3.8) is 0 Å². The predicted octanol–water partition coefficient (Wildman–Crippen LogP) is 3.38. The first-order valence-corrected chi connectivity index (χ1v) is 9.68. The Hall–Kier alpha value is -0.870. The third-order valence-corrected chi connectivity index (χ3v) is 7.00. The van der Waals surface area contributed by atoms with Crippen LogP contribution in [0.2, 0.25) is 0 Å². The lowest BCUT2D eigenvalue weighted by atomic mass is 9.64. The number of nitrogens with one attached hydrogen (secondary N) is 2. The fourth-order valence-electron chi connectivity index (χ4n) is 4.55. The van der Waals surface area contributed by atoms with E-state index in [4.69, 9.17) is 0 Å². The number of rotatable bonds is 4. The van der Waals surface area contributed by atoms with E-state index in [1.165, 1.54) is 37.7 Å². The maximum absolute atomic E-state index is 12.6. The van der Waals surface area contributed by atoms with Crippen LogP contribution in [0.1, 0.15) is 44.1 Å². The molecule has 3 fully saturated rings. The van der Waals surface area contributed by atoms with Gasteiger partial charge in [-0.3, -0.25) is 4.79 Å². The van der Waals surface area contributed by atoms with Gasteiger partial charge in [-0.1, -0.05) is 34.5 Å². The maximum Gasteiger partial charge on any atom is 0.223 e. The molecule has 1 aromatic rings. The van der Waals surface area contributed by atoms with Gasteiger partial charge in [0, 0.05) is 22.4 Å². The van der Waals surface area contributed by atoms with E-state index in [-0.39, 0.29) is 11.3 Å². The number of piperidine rings is 1. The van der Waals surface area contributed by atoms with E-state index in [0.717, 1.165) is 30.5 Å². The van der Waals surface area contributed by atoms with E-state index >= 15 is 0 Å². The van der Waals surface area contributed by atoms with Crippen molar-refractivity contribution in [3.05, 3.63) is 34.3 Å². The van der Waals surface area contributed by atoms with Gasteiger partial charge in [-0.25, -0.2) is 0 Å². The van der Waals surface area contributed by atoms with E-state index in [0.29, 0.717) is 11.3 Å². The molecular weight excluding hydrogens is 352 g/mol. The van der Waals surface area contributed by atoms with Crippen molar-refractivity contribution in [2.75, 3.05) is 19.6 Å². The van der Waals surface area contributed by atoms with Crippen molar-refractivity contribution in [1.29, 1.82) is 0 Å². The van der Waals surface area contributed by atoms with Crippen LogP contribution >= 0.6 is 15.9 Å². The smallest absolute Gasteiger partial charge is 0.223 e. The highest BCUT2D eigenvalue weighted by molar-refractivity contribution is 9.10. The lowest BCUT2D eigenvalue weighted by Gasteiger charge is -2.42. The summed E-state index contributed by atoms with van der Waals surface area (Å²) in [6.45, 7) is 2.96. The minimum Gasteiger partial charge on any atom is -0.355 e. The normalized spacial score (nSPS) is 27.3. The first kappa shape index (κ1) is 15.6. The zero-order valence-electron chi connectivity index (χ0n) is 13.5. The summed E-state index contributed by atoms with van der Waals surface area (Å²) in [6.07, 6.45) is 7.09. The van der Waals surface area contributed by atoms with Crippen LogP contribution in [0.15, 0.2) is 28.7 Å². The second-order valence-electron chi connectivity index (χ2n) is 7.73. The highest BCUT2D eigenvalue weighted by atomic mass is 79.9. The van der Waals surface area contributed by atoms with Crippen molar-refractivity contribution < 1.29 is 4.79 Å². The van der Waals surface area contributed by atoms with E-state index < -0.39 is 0 Å². The van der Waals surface area contributed by atoms with Gasteiger partial charge in [0.2, 0.25) is 5.91 Å². The minimum absolute atomic E-state index is 0.173. The molecule has 1 unspecified atom stereocenters. The molecule has 0 bridgehead atoms. The summed E-state index contributed by atoms with van der Waals surface area (Å²) in [4.78, 5) is 12.6. The lowest BCUT2D eigenvalue weighted by Crippen LogP contribution is -2.46. The van der Waals surface area contributed by atoms with Crippen LogP contribution in [0.25, 0.3) is 0 Å². The molecule has 2 aliphatic carbocycles. The molecule has 0 radical (unpaired) electrons. The molecule has 4 heteroatoms. The van der Waals surface area contributed by atoms with Gasteiger partial charge in [-0.2, -0.15) is 0 Å². The Morgan fingerprint density at radius 1 is 1.17 bits per heavy atom. The lowest BCUT2D eigenvalue weighted by molar-refractivity contribution is -0.123. The Morgan fingerprint density at radius 2 is 1.87 bits per heavy atom. The van der Waals surface area contributed by atoms with Crippen LogP contribution < -0.4 is 10.6 Å².